The van der Waals surface area contributed by atoms with Crippen LogP contribution >= 0.6 is 0 Å². The average molecular weight is 199 g/mol. The third-order valence-electron chi connectivity index (χ3n) is 2.48. The van der Waals surface area contributed by atoms with Crippen molar-refractivity contribution in [2.45, 2.75) is 46.6 Å². The van der Waals surface area contributed by atoms with Gasteiger partial charge in [-0.2, -0.15) is 0 Å². The summed E-state index contributed by atoms with van der Waals surface area (Å²) >= 11 is 0. The molecule has 14 heavy (non-hydrogen) atoms. The van der Waals surface area contributed by atoms with E-state index in [2.05, 4.69) is 32.6 Å². The van der Waals surface area contributed by atoms with Gasteiger partial charge in [0.05, 0.1) is 5.84 Å². The highest BCUT2D eigenvalue weighted by Crippen LogP contribution is 2.07. The van der Waals surface area contributed by atoms with Crippen LogP contribution < -0.4 is 5.73 Å². The first-order valence-corrected chi connectivity index (χ1v) is 5.54. The topological polar surface area (TPSA) is 53.1 Å². The molecule has 3 nitrogen and oxygen atoms in total. The minimum atomic E-state index is 0.294. The van der Waals surface area contributed by atoms with E-state index in [1.807, 2.05) is 0 Å². The van der Waals surface area contributed by atoms with Crippen LogP contribution in [0.4, 0.5) is 0 Å². The fourth-order valence-electron chi connectivity index (χ4n) is 1.48. The summed E-state index contributed by atoms with van der Waals surface area (Å²) in [4.78, 5) is 2.42. The number of nitrogens with one attached hydrogen (secondary N) is 1. The molecule has 0 radical (unpaired) electrons. The standard InChI is InChI=1S/C11H25N3/c1-5-10(4)14(8-9(2)3)7-6-11(12)13/h9-10H,5-8H2,1-4H3,(H3,12,13). The lowest BCUT2D eigenvalue weighted by Gasteiger charge is -2.29. The molecule has 0 aliphatic heterocycles. The molecule has 0 rings (SSSR count). The van der Waals surface area contributed by atoms with E-state index in [9.17, 15) is 0 Å². The number of amidine groups is 1. The van der Waals surface area contributed by atoms with Crippen molar-refractivity contribution in [1.29, 1.82) is 5.41 Å². The molecule has 1 unspecified atom stereocenters. The van der Waals surface area contributed by atoms with Crippen LogP contribution in [0.5, 0.6) is 0 Å². The molecule has 0 heterocycles. The Morgan fingerprint density at radius 2 is 1.93 bits per heavy atom. The van der Waals surface area contributed by atoms with Crippen LogP contribution in [0.15, 0.2) is 0 Å². The third-order valence-corrected chi connectivity index (χ3v) is 2.48. The maximum Gasteiger partial charge on any atom is 0.0918 e. The van der Waals surface area contributed by atoms with Gasteiger partial charge in [-0.05, 0) is 19.3 Å². The van der Waals surface area contributed by atoms with Crippen molar-refractivity contribution in [3.63, 3.8) is 0 Å². The third kappa shape index (κ3) is 5.97. The Morgan fingerprint density at radius 1 is 1.36 bits per heavy atom. The Labute approximate surface area is 88.2 Å². The van der Waals surface area contributed by atoms with E-state index in [1.54, 1.807) is 0 Å². The van der Waals surface area contributed by atoms with Gasteiger partial charge in [-0.15, -0.1) is 0 Å². The number of hydrogen-bond donors (Lipinski definition) is 2. The molecule has 0 amide bonds. The van der Waals surface area contributed by atoms with Crippen molar-refractivity contribution in [3.05, 3.63) is 0 Å². The van der Waals surface area contributed by atoms with Gasteiger partial charge in [-0.25, -0.2) is 0 Å². The summed E-state index contributed by atoms with van der Waals surface area (Å²) in [6.07, 6.45) is 1.85. The van der Waals surface area contributed by atoms with Crippen LogP contribution in [0.25, 0.3) is 0 Å². The lowest BCUT2D eigenvalue weighted by Crippen LogP contribution is -2.37. The first kappa shape index (κ1) is 13.4. The molecule has 0 fully saturated rings. The van der Waals surface area contributed by atoms with E-state index in [-0.39, 0.29) is 0 Å². The normalized spacial score (nSPS) is 13.6. The second kappa shape index (κ2) is 6.82. The molecule has 0 saturated carbocycles. The molecule has 84 valence electrons. The van der Waals surface area contributed by atoms with Gasteiger partial charge < -0.3 is 5.73 Å². The zero-order valence-electron chi connectivity index (χ0n) is 10.0. The molecular formula is C11H25N3. The van der Waals surface area contributed by atoms with Crippen molar-refractivity contribution in [2.75, 3.05) is 13.1 Å². The summed E-state index contributed by atoms with van der Waals surface area (Å²) < 4.78 is 0. The predicted molar refractivity (Wildman–Crippen MR) is 62.7 cm³/mol. The summed E-state index contributed by atoms with van der Waals surface area (Å²) in [5.41, 5.74) is 5.37. The Morgan fingerprint density at radius 3 is 2.29 bits per heavy atom. The predicted octanol–water partition coefficient (Wildman–Crippen LogP) is 2.07. The lowest BCUT2D eigenvalue weighted by molar-refractivity contribution is 0.187. The van der Waals surface area contributed by atoms with Gasteiger partial charge in [0.2, 0.25) is 0 Å². The van der Waals surface area contributed by atoms with Gasteiger partial charge in [0.25, 0.3) is 0 Å². The van der Waals surface area contributed by atoms with Crippen molar-refractivity contribution < 1.29 is 0 Å². The van der Waals surface area contributed by atoms with Crippen molar-refractivity contribution in [2.24, 2.45) is 11.7 Å². The molecule has 0 aliphatic rings. The minimum absolute atomic E-state index is 0.294. The molecule has 0 aromatic heterocycles. The number of hydrogen-bond acceptors (Lipinski definition) is 2. The van der Waals surface area contributed by atoms with Crippen molar-refractivity contribution in [3.8, 4) is 0 Å². The highest BCUT2D eigenvalue weighted by atomic mass is 15.1. The van der Waals surface area contributed by atoms with Crippen LogP contribution in [0, 0.1) is 11.3 Å². The molecular weight excluding hydrogens is 174 g/mol. The van der Waals surface area contributed by atoms with E-state index in [0.717, 1.165) is 19.5 Å². The molecule has 0 aromatic rings. The molecule has 1 atom stereocenters. The zero-order valence-corrected chi connectivity index (χ0v) is 10.0. The van der Waals surface area contributed by atoms with Crippen LogP contribution in [-0.4, -0.2) is 29.9 Å². The SMILES string of the molecule is CCC(C)N(CCC(=N)N)CC(C)C. The van der Waals surface area contributed by atoms with Gasteiger partial charge in [0.15, 0.2) is 0 Å². The molecule has 3 N–H and O–H groups in total. The number of nitrogens with two attached hydrogens (primary N) is 1. The Hall–Kier alpha value is -0.570. The van der Waals surface area contributed by atoms with Gasteiger partial charge in [-0.3, -0.25) is 10.3 Å². The molecule has 0 aliphatic carbocycles. The molecule has 3 heteroatoms. The molecule has 0 aromatic carbocycles. The zero-order chi connectivity index (χ0) is 11.1. The summed E-state index contributed by atoms with van der Waals surface area (Å²) in [6.45, 7) is 10.9. The Bertz CT molecular complexity index is 166. The monoisotopic (exact) mass is 199 g/mol. The fourth-order valence-corrected chi connectivity index (χ4v) is 1.48. The van der Waals surface area contributed by atoms with Crippen LogP contribution in [0.3, 0.4) is 0 Å². The minimum Gasteiger partial charge on any atom is -0.388 e. The van der Waals surface area contributed by atoms with Gasteiger partial charge in [-0.1, -0.05) is 20.8 Å². The maximum atomic E-state index is 7.22. The van der Waals surface area contributed by atoms with Crippen molar-refractivity contribution in [1.82, 2.24) is 4.90 Å². The van der Waals surface area contributed by atoms with Crippen LogP contribution in [0.1, 0.15) is 40.5 Å². The first-order valence-electron chi connectivity index (χ1n) is 5.54. The van der Waals surface area contributed by atoms with E-state index in [0.29, 0.717) is 24.2 Å². The number of rotatable bonds is 7. The summed E-state index contributed by atoms with van der Waals surface area (Å²) in [5, 5.41) is 7.22. The molecule has 0 spiro atoms. The second-order valence-electron chi connectivity index (χ2n) is 4.42. The van der Waals surface area contributed by atoms with Crippen LogP contribution in [0.2, 0.25) is 0 Å². The van der Waals surface area contributed by atoms with E-state index < -0.39 is 0 Å². The first-order chi connectivity index (χ1) is 6.47. The van der Waals surface area contributed by atoms with E-state index in [1.165, 1.54) is 0 Å². The average Bonchev–Trinajstić information content (AvgIpc) is 2.10. The summed E-state index contributed by atoms with van der Waals surface area (Å²) in [5.74, 6) is 0.970. The Balaban J connectivity index is 4.03. The summed E-state index contributed by atoms with van der Waals surface area (Å²) in [7, 11) is 0. The largest absolute Gasteiger partial charge is 0.388 e. The van der Waals surface area contributed by atoms with Crippen LogP contribution in [-0.2, 0) is 0 Å². The van der Waals surface area contributed by atoms with Gasteiger partial charge >= 0.3 is 0 Å². The number of nitrogens with zero attached hydrogens (tertiary/aromatic N) is 1. The van der Waals surface area contributed by atoms with E-state index >= 15 is 0 Å². The van der Waals surface area contributed by atoms with E-state index in [4.69, 9.17) is 11.1 Å². The molecule has 0 saturated heterocycles. The molecule has 0 bridgehead atoms. The highest BCUT2D eigenvalue weighted by Gasteiger charge is 2.13. The lowest BCUT2D eigenvalue weighted by atomic mass is 10.1. The smallest absolute Gasteiger partial charge is 0.0918 e. The quantitative estimate of drug-likeness (QED) is 0.487. The van der Waals surface area contributed by atoms with Crippen molar-refractivity contribution >= 4 is 5.84 Å². The highest BCUT2D eigenvalue weighted by molar-refractivity contribution is 5.76. The fraction of sp³-hybridized carbons (Fsp3) is 0.909. The van der Waals surface area contributed by atoms with Gasteiger partial charge in [0.1, 0.15) is 0 Å². The Kier molecular flexibility index (Phi) is 6.54. The second-order valence-corrected chi connectivity index (χ2v) is 4.42. The summed E-state index contributed by atoms with van der Waals surface area (Å²) in [6, 6.07) is 0.594. The van der Waals surface area contributed by atoms with Gasteiger partial charge in [0, 0.05) is 25.6 Å². The maximum absolute atomic E-state index is 7.22.